The number of ether oxygens (including phenoxy) is 1. The Labute approximate surface area is 132 Å². The molecule has 1 aromatic carbocycles. The Morgan fingerprint density at radius 2 is 2.09 bits per heavy atom. The van der Waals surface area contributed by atoms with Gasteiger partial charge in [0, 0.05) is 13.1 Å². The highest BCUT2D eigenvalue weighted by molar-refractivity contribution is 7.13. The van der Waals surface area contributed by atoms with Gasteiger partial charge in [0.1, 0.15) is 17.3 Å². The topological polar surface area (TPSA) is 56.1 Å². The summed E-state index contributed by atoms with van der Waals surface area (Å²) in [6.07, 6.45) is 0. The third-order valence-electron chi connectivity index (χ3n) is 3.25. The second-order valence-corrected chi connectivity index (χ2v) is 5.62. The van der Waals surface area contributed by atoms with Crippen molar-refractivity contribution in [3.05, 3.63) is 53.4 Å². The Kier molecular flexibility index (Phi) is 3.93. The molecule has 22 heavy (non-hydrogen) atoms. The first-order valence-electron chi connectivity index (χ1n) is 6.71. The zero-order valence-corrected chi connectivity index (χ0v) is 13.1. The van der Waals surface area contributed by atoms with Gasteiger partial charge < -0.3 is 10.1 Å². The molecule has 1 amide bonds. The van der Waals surface area contributed by atoms with Gasteiger partial charge in [0.25, 0.3) is 5.91 Å². The number of para-hydroxylation sites is 1. The van der Waals surface area contributed by atoms with E-state index < -0.39 is 0 Å². The molecule has 0 atom stereocenters. The van der Waals surface area contributed by atoms with Gasteiger partial charge in [-0.05, 0) is 23.6 Å². The van der Waals surface area contributed by atoms with Crippen LogP contribution in [0.1, 0.15) is 10.4 Å². The smallest absolute Gasteiger partial charge is 0.260 e. The predicted octanol–water partition coefficient (Wildman–Crippen LogP) is 3.41. The molecule has 0 spiro atoms. The van der Waals surface area contributed by atoms with E-state index in [4.69, 9.17) is 4.74 Å². The minimum absolute atomic E-state index is 0.224. The molecule has 112 valence electrons. The third-order valence-corrected chi connectivity index (χ3v) is 4.14. The number of nitrogens with zero attached hydrogens (tertiary/aromatic N) is 2. The van der Waals surface area contributed by atoms with Crippen LogP contribution in [0, 0.1) is 0 Å². The Bertz CT molecular complexity index is 794. The van der Waals surface area contributed by atoms with E-state index in [0.29, 0.717) is 17.1 Å². The Morgan fingerprint density at radius 3 is 2.82 bits per heavy atom. The quantitative estimate of drug-likeness (QED) is 0.803. The van der Waals surface area contributed by atoms with Crippen LogP contribution in [0.4, 0.5) is 5.82 Å². The van der Waals surface area contributed by atoms with Crippen LogP contribution in [0.3, 0.4) is 0 Å². The van der Waals surface area contributed by atoms with Crippen LogP contribution in [-0.2, 0) is 7.05 Å². The lowest BCUT2D eigenvalue weighted by Crippen LogP contribution is -2.15. The van der Waals surface area contributed by atoms with Gasteiger partial charge in [0.15, 0.2) is 0 Å². The molecular weight excluding hydrogens is 298 g/mol. The summed E-state index contributed by atoms with van der Waals surface area (Å²) in [5, 5.41) is 9.29. The molecular formula is C16H15N3O2S. The van der Waals surface area contributed by atoms with E-state index in [0.717, 1.165) is 10.6 Å². The van der Waals surface area contributed by atoms with E-state index in [9.17, 15) is 4.79 Å². The van der Waals surface area contributed by atoms with Gasteiger partial charge in [-0.2, -0.15) is 5.10 Å². The van der Waals surface area contributed by atoms with Gasteiger partial charge >= 0.3 is 0 Å². The number of methoxy groups -OCH3 is 1. The summed E-state index contributed by atoms with van der Waals surface area (Å²) in [7, 11) is 3.35. The number of carbonyl (C=O) groups is 1. The molecule has 2 aromatic heterocycles. The zero-order valence-electron chi connectivity index (χ0n) is 12.2. The van der Waals surface area contributed by atoms with Crippen molar-refractivity contribution in [2.45, 2.75) is 0 Å². The monoisotopic (exact) mass is 313 g/mol. The SMILES string of the molecule is COc1ccccc1C(=O)Nc1cc(-c2cccs2)nn1C. The molecule has 0 bridgehead atoms. The summed E-state index contributed by atoms with van der Waals surface area (Å²) >= 11 is 1.61. The number of hydrogen-bond donors (Lipinski definition) is 1. The molecule has 0 saturated heterocycles. The fourth-order valence-corrected chi connectivity index (χ4v) is 2.83. The summed E-state index contributed by atoms with van der Waals surface area (Å²) in [6, 6.07) is 13.0. The molecule has 3 aromatic rings. The van der Waals surface area contributed by atoms with Gasteiger partial charge in [-0.3, -0.25) is 9.48 Å². The minimum Gasteiger partial charge on any atom is -0.496 e. The van der Waals surface area contributed by atoms with Crippen molar-refractivity contribution in [1.82, 2.24) is 9.78 Å². The van der Waals surface area contributed by atoms with Crippen LogP contribution in [0.15, 0.2) is 47.8 Å². The Hall–Kier alpha value is -2.60. The van der Waals surface area contributed by atoms with Crippen LogP contribution < -0.4 is 10.1 Å². The average molecular weight is 313 g/mol. The second-order valence-electron chi connectivity index (χ2n) is 4.67. The van der Waals surface area contributed by atoms with E-state index in [1.54, 1.807) is 48.4 Å². The number of amides is 1. The van der Waals surface area contributed by atoms with Gasteiger partial charge in [-0.25, -0.2) is 0 Å². The summed E-state index contributed by atoms with van der Waals surface area (Å²) in [5.41, 5.74) is 1.33. The van der Waals surface area contributed by atoms with E-state index >= 15 is 0 Å². The number of nitrogens with one attached hydrogen (secondary N) is 1. The largest absolute Gasteiger partial charge is 0.496 e. The van der Waals surface area contributed by atoms with E-state index in [-0.39, 0.29) is 5.91 Å². The number of carbonyl (C=O) groups excluding carboxylic acids is 1. The van der Waals surface area contributed by atoms with Crippen LogP contribution >= 0.6 is 11.3 Å². The molecule has 5 nitrogen and oxygen atoms in total. The average Bonchev–Trinajstić information content (AvgIpc) is 3.17. The van der Waals surface area contributed by atoms with Gasteiger partial charge in [0.2, 0.25) is 0 Å². The van der Waals surface area contributed by atoms with E-state index in [2.05, 4.69) is 10.4 Å². The van der Waals surface area contributed by atoms with Gasteiger partial charge in [-0.1, -0.05) is 18.2 Å². The number of rotatable bonds is 4. The van der Waals surface area contributed by atoms with Crippen molar-refractivity contribution in [2.24, 2.45) is 7.05 Å². The molecule has 0 aliphatic carbocycles. The molecule has 0 aliphatic heterocycles. The minimum atomic E-state index is -0.224. The second kappa shape index (κ2) is 6.03. The number of aryl methyl sites for hydroxylation is 1. The van der Waals surface area contributed by atoms with Crippen molar-refractivity contribution < 1.29 is 9.53 Å². The summed E-state index contributed by atoms with van der Waals surface area (Å²) < 4.78 is 6.87. The van der Waals surface area contributed by atoms with Crippen molar-refractivity contribution in [1.29, 1.82) is 0 Å². The van der Waals surface area contributed by atoms with Crippen molar-refractivity contribution in [2.75, 3.05) is 12.4 Å². The summed E-state index contributed by atoms with van der Waals surface area (Å²) in [5.74, 6) is 0.957. The van der Waals surface area contributed by atoms with Gasteiger partial charge in [-0.15, -0.1) is 11.3 Å². The van der Waals surface area contributed by atoms with Crippen molar-refractivity contribution in [3.63, 3.8) is 0 Å². The molecule has 0 fully saturated rings. The van der Waals surface area contributed by atoms with Crippen LogP contribution in [0.2, 0.25) is 0 Å². The maximum Gasteiger partial charge on any atom is 0.260 e. The molecule has 0 saturated carbocycles. The van der Waals surface area contributed by atoms with E-state index in [1.165, 1.54) is 0 Å². The third kappa shape index (κ3) is 2.73. The number of benzene rings is 1. The van der Waals surface area contributed by atoms with Crippen LogP contribution in [0.25, 0.3) is 10.6 Å². The molecule has 0 aliphatic rings. The lowest BCUT2D eigenvalue weighted by molar-refractivity contribution is 0.102. The Balaban J connectivity index is 1.86. The highest BCUT2D eigenvalue weighted by Crippen LogP contribution is 2.26. The van der Waals surface area contributed by atoms with E-state index in [1.807, 2.05) is 29.6 Å². The highest BCUT2D eigenvalue weighted by atomic mass is 32.1. The summed E-state index contributed by atoms with van der Waals surface area (Å²) in [6.45, 7) is 0. The Morgan fingerprint density at radius 1 is 1.27 bits per heavy atom. The van der Waals surface area contributed by atoms with Crippen LogP contribution in [0.5, 0.6) is 5.75 Å². The fraction of sp³-hybridized carbons (Fsp3) is 0.125. The highest BCUT2D eigenvalue weighted by Gasteiger charge is 2.15. The maximum atomic E-state index is 12.4. The lowest BCUT2D eigenvalue weighted by atomic mass is 10.2. The molecule has 3 rings (SSSR count). The number of anilines is 1. The first-order valence-corrected chi connectivity index (χ1v) is 7.59. The van der Waals surface area contributed by atoms with Gasteiger partial charge in [0.05, 0.1) is 17.6 Å². The number of thiophene rings is 1. The normalized spacial score (nSPS) is 10.5. The molecule has 1 N–H and O–H groups in total. The molecule has 2 heterocycles. The fourth-order valence-electron chi connectivity index (χ4n) is 2.14. The first kappa shape index (κ1) is 14.3. The predicted molar refractivity (Wildman–Crippen MR) is 87.5 cm³/mol. The first-order chi connectivity index (χ1) is 10.7. The molecule has 0 radical (unpaired) electrons. The van der Waals surface area contributed by atoms with Crippen LogP contribution in [-0.4, -0.2) is 22.8 Å². The summed E-state index contributed by atoms with van der Waals surface area (Å²) in [4.78, 5) is 13.5. The molecule has 0 unspecified atom stereocenters. The maximum absolute atomic E-state index is 12.4. The zero-order chi connectivity index (χ0) is 15.5. The van der Waals surface area contributed by atoms with Crippen molar-refractivity contribution in [3.8, 4) is 16.3 Å². The standard InChI is InChI=1S/C16H15N3O2S/c1-19-15(10-12(18-19)14-8-5-9-22-14)17-16(20)11-6-3-4-7-13(11)21-2/h3-10H,1-2H3,(H,17,20). The van der Waals surface area contributed by atoms with Crippen molar-refractivity contribution >= 4 is 23.1 Å². The molecule has 6 heteroatoms. The lowest BCUT2D eigenvalue weighted by Gasteiger charge is -2.08. The number of hydrogen-bond acceptors (Lipinski definition) is 4. The number of aromatic nitrogens is 2.